The molecule has 0 fully saturated rings. The van der Waals surface area contributed by atoms with E-state index in [0.717, 1.165) is 27.3 Å². The summed E-state index contributed by atoms with van der Waals surface area (Å²) in [6, 6.07) is 6.38. The average molecular weight is 302 g/mol. The van der Waals surface area contributed by atoms with Gasteiger partial charge in [0.1, 0.15) is 5.04 Å². The third-order valence-corrected chi connectivity index (χ3v) is 4.74. The molecule has 1 atom stereocenters. The second-order valence-corrected chi connectivity index (χ2v) is 6.55. The highest BCUT2D eigenvalue weighted by Gasteiger charge is 2.23. The molecule has 110 valence electrons. The second kappa shape index (κ2) is 5.44. The predicted octanol–water partition coefficient (Wildman–Crippen LogP) is 2.26. The van der Waals surface area contributed by atoms with Crippen LogP contribution < -0.4 is 11.1 Å². The van der Waals surface area contributed by atoms with Crippen molar-refractivity contribution in [1.29, 1.82) is 0 Å². The van der Waals surface area contributed by atoms with Gasteiger partial charge in [0.15, 0.2) is 0 Å². The van der Waals surface area contributed by atoms with E-state index in [2.05, 4.69) is 40.4 Å². The van der Waals surface area contributed by atoms with Crippen molar-refractivity contribution >= 4 is 39.3 Å². The molecule has 4 N–H and O–H groups in total. The lowest BCUT2D eigenvalue weighted by Gasteiger charge is -2.04. The largest absolute Gasteiger partial charge is 0.386 e. The number of nitrogens with one attached hydrogen (secondary N) is 2. The molecule has 3 rings (SSSR count). The number of nitrogens with two attached hydrogens (primary N) is 1. The maximum Gasteiger partial charge on any atom is 0.218 e. The number of thioether (sulfide) groups is 1. The Balaban J connectivity index is 1.90. The van der Waals surface area contributed by atoms with Gasteiger partial charge in [-0.25, -0.2) is 0 Å². The van der Waals surface area contributed by atoms with Crippen molar-refractivity contribution in [3.8, 4) is 0 Å². The lowest BCUT2D eigenvalue weighted by Crippen LogP contribution is -2.18. The molecular formula is C15H18N4OS. The molecule has 2 heterocycles. The number of benzene rings is 1. The van der Waals surface area contributed by atoms with Gasteiger partial charge in [0, 0.05) is 24.1 Å². The minimum absolute atomic E-state index is 0.161. The zero-order valence-corrected chi connectivity index (χ0v) is 12.9. The van der Waals surface area contributed by atoms with Gasteiger partial charge < -0.3 is 16.0 Å². The summed E-state index contributed by atoms with van der Waals surface area (Å²) in [7, 11) is 1.92. The minimum Gasteiger partial charge on any atom is -0.386 e. The average Bonchev–Trinajstić information content (AvgIpc) is 3.03. The number of carbonyl (C=O) groups is 1. The van der Waals surface area contributed by atoms with E-state index in [-0.39, 0.29) is 11.2 Å². The fourth-order valence-corrected chi connectivity index (χ4v) is 3.70. The number of anilines is 1. The maximum atomic E-state index is 11.0. The molecule has 0 spiro atoms. The van der Waals surface area contributed by atoms with Gasteiger partial charge in [-0.1, -0.05) is 11.8 Å². The Labute approximate surface area is 127 Å². The van der Waals surface area contributed by atoms with Gasteiger partial charge in [-0.15, -0.1) is 0 Å². The van der Waals surface area contributed by atoms with Gasteiger partial charge in [0.05, 0.1) is 23.4 Å². The monoisotopic (exact) mass is 302 g/mol. The van der Waals surface area contributed by atoms with Crippen molar-refractivity contribution in [3.63, 3.8) is 0 Å². The highest BCUT2D eigenvalue weighted by Crippen LogP contribution is 2.31. The van der Waals surface area contributed by atoms with E-state index < -0.39 is 0 Å². The van der Waals surface area contributed by atoms with Crippen LogP contribution in [0, 0.1) is 6.92 Å². The molecule has 1 amide bonds. The molecule has 0 bridgehead atoms. The van der Waals surface area contributed by atoms with Crippen LogP contribution in [0.1, 0.15) is 17.7 Å². The molecule has 21 heavy (non-hydrogen) atoms. The van der Waals surface area contributed by atoms with Crippen LogP contribution in [0.25, 0.3) is 10.9 Å². The molecule has 0 radical (unpaired) electrons. The van der Waals surface area contributed by atoms with Crippen molar-refractivity contribution in [2.45, 2.75) is 18.6 Å². The topological polar surface area (TPSA) is 83.3 Å². The maximum absolute atomic E-state index is 11.0. The summed E-state index contributed by atoms with van der Waals surface area (Å²) in [6.07, 6.45) is 0.374. The number of nitrogens with zero attached hydrogens (tertiary/aromatic N) is 1. The molecular weight excluding hydrogens is 284 g/mol. The summed E-state index contributed by atoms with van der Waals surface area (Å²) in [6.45, 7) is 2.73. The number of rotatable bonds is 4. The van der Waals surface area contributed by atoms with Crippen LogP contribution in [-0.4, -0.2) is 34.8 Å². The second-order valence-electron chi connectivity index (χ2n) is 5.27. The van der Waals surface area contributed by atoms with Gasteiger partial charge in [-0.3, -0.25) is 9.79 Å². The third kappa shape index (κ3) is 2.76. The number of aromatic amines is 1. The first-order valence-corrected chi connectivity index (χ1v) is 7.75. The van der Waals surface area contributed by atoms with Crippen LogP contribution in [0.5, 0.6) is 0 Å². The number of amides is 1. The van der Waals surface area contributed by atoms with Crippen molar-refractivity contribution in [3.05, 3.63) is 29.5 Å². The minimum atomic E-state index is -0.270. The zero-order valence-electron chi connectivity index (χ0n) is 12.1. The number of aromatic nitrogens is 1. The van der Waals surface area contributed by atoms with E-state index in [0.29, 0.717) is 13.0 Å². The molecule has 1 aliphatic rings. The van der Waals surface area contributed by atoms with Gasteiger partial charge >= 0.3 is 0 Å². The summed E-state index contributed by atoms with van der Waals surface area (Å²) in [5.41, 5.74) is 9.63. The van der Waals surface area contributed by atoms with Crippen LogP contribution in [0.15, 0.2) is 23.2 Å². The predicted molar refractivity (Wildman–Crippen MR) is 89.2 cm³/mol. The van der Waals surface area contributed by atoms with Crippen LogP contribution in [0.4, 0.5) is 5.69 Å². The Morgan fingerprint density at radius 2 is 2.33 bits per heavy atom. The summed E-state index contributed by atoms with van der Waals surface area (Å²) in [5.74, 6) is -0.270. The highest BCUT2D eigenvalue weighted by molar-refractivity contribution is 8.15. The first-order chi connectivity index (χ1) is 10.1. The lowest BCUT2D eigenvalue weighted by atomic mass is 10.1. The van der Waals surface area contributed by atoms with Crippen LogP contribution in [-0.2, 0) is 4.79 Å². The number of primary amides is 1. The molecule has 5 nitrogen and oxygen atoms in total. The van der Waals surface area contributed by atoms with Crippen LogP contribution >= 0.6 is 11.8 Å². The number of fused-ring (bicyclic) bond motifs is 1. The Morgan fingerprint density at radius 3 is 3.05 bits per heavy atom. The molecule has 2 aromatic rings. The Bertz CT molecular complexity index is 735. The van der Waals surface area contributed by atoms with E-state index in [1.807, 2.05) is 7.05 Å². The van der Waals surface area contributed by atoms with E-state index in [9.17, 15) is 4.79 Å². The van der Waals surface area contributed by atoms with Crippen molar-refractivity contribution in [2.24, 2.45) is 10.7 Å². The SMILES string of the molecule is CNc1cc(C)cc2cc(C3=NCC(CC(N)=O)S3)[nH]c12. The molecule has 6 heteroatoms. The fraction of sp³-hybridized carbons (Fsp3) is 0.333. The van der Waals surface area contributed by atoms with E-state index >= 15 is 0 Å². The van der Waals surface area contributed by atoms with Crippen LogP contribution in [0.2, 0.25) is 0 Å². The molecule has 1 aliphatic heterocycles. The number of aryl methyl sites for hydroxylation is 1. The molecule has 0 saturated carbocycles. The molecule has 1 aromatic heterocycles. The first kappa shape index (κ1) is 14.0. The fourth-order valence-electron chi connectivity index (χ4n) is 2.60. The number of hydrogen-bond acceptors (Lipinski definition) is 4. The van der Waals surface area contributed by atoms with E-state index in [1.165, 1.54) is 5.56 Å². The standard InChI is InChI=1S/C15H18N4OS/c1-8-3-9-5-12(19-14(9)11(4-8)17-2)15-18-7-10(21-15)6-13(16)20/h3-5,10,17,19H,6-7H2,1-2H3,(H2,16,20). The van der Waals surface area contributed by atoms with Gasteiger partial charge in [0.2, 0.25) is 5.91 Å². The Kier molecular flexibility index (Phi) is 3.63. The quantitative estimate of drug-likeness (QED) is 0.810. The Morgan fingerprint density at radius 1 is 1.52 bits per heavy atom. The van der Waals surface area contributed by atoms with Gasteiger partial charge in [-0.2, -0.15) is 0 Å². The normalized spacial score (nSPS) is 18.0. The van der Waals surface area contributed by atoms with Crippen molar-refractivity contribution in [1.82, 2.24) is 4.98 Å². The van der Waals surface area contributed by atoms with Gasteiger partial charge in [0.25, 0.3) is 0 Å². The van der Waals surface area contributed by atoms with E-state index in [4.69, 9.17) is 5.73 Å². The molecule has 1 unspecified atom stereocenters. The smallest absolute Gasteiger partial charge is 0.218 e. The van der Waals surface area contributed by atoms with E-state index in [1.54, 1.807) is 11.8 Å². The summed E-state index contributed by atoms with van der Waals surface area (Å²) in [4.78, 5) is 19.0. The number of hydrogen-bond donors (Lipinski definition) is 3. The summed E-state index contributed by atoms with van der Waals surface area (Å²) < 4.78 is 0. The third-order valence-electron chi connectivity index (χ3n) is 3.52. The van der Waals surface area contributed by atoms with Crippen LogP contribution in [0.3, 0.4) is 0 Å². The number of carbonyl (C=O) groups excluding carboxylic acids is 1. The van der Waals surface area contributed by atoms with Crippen molar-refractivity contribution in [2.75, 3.05) is 18.9 Å². The van der Waals surface area contributed by atoms with Crippen molar-refractivity contribution < 1.29 is 4.79 Å². The molecule has 0 saturated heterocycles. The van der Waals surface area contributed by atoms with Gasteiger partial charge in [-0.05, 0) is 30.7 Å². The molecule has 0 aliphatic carbocycles. The number of H-pyrrole nitrogens is 1. The Hall–Kier alpha value is -1.95. The highest BCUT2D eigenvalue weighted by atomic mass is 32.2. The molecule has 1 aromatic carbocycles. The zero-order chi connectivity index (χ0) is 15.0. The first-order valence-electron chi connectivity index (χ1n) is 6.87. The lowest BCUT2D eigenvalue weighted by molar-refractivity contribution is -0.117. The number of aliphatic imine (C=N–C) groups is 1. The summed E-state index contributed by atoms with van der Waals surface area (Å²) >= 11 is 1.62. The summed E-state index contributed by atoms with van der Waals surface area (Å²) in [5, 5.41) is 5.49.